The quantitative estimate of drug-likeness (QED) is 0.810. The number of anilines is 1. The second-order valence-electron chi connectivity index (χ2n) is 6.48. The molecule has 26 heavy (non-hydrogen) atoms. The molecule has 2 aliphatic rings. The lowest BCUT2D eigenvalue weighted by molar-refractivity contribution is -0.137. The highest BCUT2D eigenvalue weighted by Gasteiger charge is 2.33. The molecule has 3 rings (SSSR count). The molecule has 0 unspecified atom stereocenters. The van der Waals surface area contributed by atoms with Crippen LogP contribution < -0.4 is 10.2 Å². The molecule has 1 N–H and O–H groups in total. The maximum absolute atomic E-state index is 13.1. The molecule has 2 fully saturated rings. The van der Waals surface area contributed by atoms with E-state index in [0.717, 1.165) is 18.6 Å². The van der Waals surface area contributed by atoms with Crippen molar-refractivity contribution in [2.45, 2.75) is 18.6 Å². The van der Waals surface area contributed by atoms with Gasteiger partial charge in [-0.05, 0) is 62.1 Å². The molecule has 0 radical (unpaired) electrons. The van der Waals surface area contributed by atoms with E-state index in [-0.39, 0.29) is 10.5 Å². The number of likely N-dealkylation sites (N-methyl/N-ethyl adjacent to an activating group) is 1. The molecule has 5 nitrogen and oxygen atoms in total. The van der Waals surface area contributed by atoms with E-state index in [1.807, 2.05) is 19.0 Å². The van der Waals surface area contributed by atoms with Crippen molar-refractivity contribution in [3.8, 4) is 0 Å². The van der Waals surface area contributed by atoms with Crippen molar-refractivity contribution in [3.63, 3.8) is 0 Å². The van der Waals surface area contributed by atoms with Crippen molar-refractivity contribution in [3.05, 3.63) is 34.2 Å². The topological polar surface area (TPSA) is 52.6 Å². The lowest BCUT2D eigenvalue weighted by Gasteiger charge is -2.24. The van der Waals surface area contributed by atoms with Gasteiger partial charge >= 0.3 is 6.18 Å². The molecule has 0 aromatic heterocycles. The first-order valence-electron chi connectivity index (χ1n) is 8.02. The Balaban J connectivity index is 2.00. The summed E-state index contributed by atoms with van der Waals surface area (Å²) in [5.74, 6) is -0.587. The summed E-state index contributed by atoms with van der Waals surface area (Å²) in [7, 11) is 3.93. The molecule has 2 amide bonds. The summed E-state index contributed by atoms with van der Waals surface area (Å²) in [6.45, 7) is 1.40. The Kier molecular flexibility index (Phi) is 5.03. The fourth-order valence-electron chi connectivity index (χ4n) is 3.08. The molecule has 0 spiro atoms. The number of thioether (sulfide) groups is 1. The van der Waals surface area contributed by atoms with E-state index in [2.05, 4.69) is 10.2 Å². The van der Waals surface area contributed by atoms with Gasteiger partial charge in [-0.25, -0.2) is 0 Å². The summed E-state index contributed by atoms with van der Waals surface area (Å²) >= 11 is 0.692. The minimum Gasteiger partial charge on any atom is -0.369 e. The monoisotopic (exact) mass is 385 g/mol. The normalized spacial score (nSPS) is 22.6. The van der Waals surface area contributed by atoms with Gasteiger partial charge < -0.3 is 9.80 Å². The third-order valence-corrected chi connectivity index (χ3v) is 5.33. The van der Waals surface area contributed by atoms with E-state index in [4.69, 9.17) is 0 Å². The number of hydrogen-bond donors (Lipinski definition) is 1. The number of amides is 2. The van der Waals surface area contributed by atoms with E-state index >= 15 is 0 Å². The van der Waals surface area contributed by atoms with Crippen molar-refractivity contribution in [1.29, 1.82) is 0 Å². The van der Waals surface area contributed by atoms with Crippen LogP contribution in [0.3, 0.4) is 0 Å². The number of halogens is 3. The number of rotatable bonds is 3. The third-order valence-electron chi connectivity index (χ3n) is 4.52. The first kappa shape index (κ1) is 18.8. The number of alkyl halides is 3. The van der Waals surface area contributed by atoms with E-state index in [1.54, 1.807) is 0 Å². The highest BCUT2D eigenvalue weighted by Crippen LogP contribution is 2.36. The Morgan fingerprint density at radius 2 is 2.04 bits per heavy atom. The first-order chi connectivity index (χ1) is 12.1. The summed E-state index contributed by atoms with van der Waals surface area (Å²) < 4.78 is 39.4. The minimum absolute atomic E-state index is 0.0962. The molecular weight excluding hydrogens is 367 g/mol. The van der Waals surface area contributed by atoms with Crippen LogP contribution in [0.25, 0.3) is 6.08 Å². The minimum atomic E-state index is -4.48. The molecule has 9 heteroatoms. The predicted molar refractivity (Wildman–Crippen MR) is 94.9 cm³/mol. The first-order valence-corrected chi connectivity index (χ1v) is 8.84. The number of carbonyl (C=O) groups is 2. The summed E-state index contributed by atoms with van der Waals surface area (Å²) in [4.78, 5) is 27.3. The van der Waals surface area contributed by atoms with Gasteiger partial charge in [0.2, 0.25) is 0 Å². The Hall–Kier alpha value is -2.00. The molecule has 0 saturated carbocycles. The van der Waals surface area contributed by atoms with Crippen LogP contribution in [0.4, 0.5) is 23.7 Å². The number of carbonyl (C=O) groups excluding carboxylic acids is 2. The number of imide groups is 1. The van der Waals surface area contributed by atoms with E-state index in [9.17, 15) is 22.8 Å². The van der Waals surface area contributed by atoms with Crippen LogP contribution >= 0.6 is 11.8 Å². The van der Waals surface area contributed by atoms with Gasteiger partial charge in [-0.3, -0.25) is 14.9 Å². The van der Waals surface area contributed by atoms with E-state index in [1.165, 1.54) is 12.1 Å². The zero-order valence-electron chi connectivity index (χ0n) is 14.3. The maximum atomic E-state index is 13.1. The molecule has 0 aliphatic carbocycles. The van der Waals surface area contributed by atoms with Gasteiger partial charge in [-0.2, -0.15) is 13.2 Å². The molecular formula is C17H18F3N3O2S. The second kappa shape index (κ2) is 6.96. The van der Waals surface area contributed by atoms with Crippen LogP contribution in [0, 0.1) is 0 Å². The smallest absolute Gasteiger partial charge is 0.369 e. The van der Waals surface area contributed by atoms with Crippen LogP contribution in [-0.4, -0.2) is 49.3 Å². The van der Waals surface area contributed by atoms with Crippen molar-refractivity contribution in [1.82, 2.24) is 10.2 Å². The largest absolute Gasteiger partial charge is 0.416 e. The average molecular weight is 385 g/mol. The van der Waals surface area contributed by atoms with Gasteiger partial charge in [0.05, 0.1) is 10.5 Å². The summed E-state index contributed by atoms with van der Waals surface area (Å²) in [5.41, 5.74) is 0.125. The van der Waals surface area contributed by atoms with E-state index in [0.29, 0.717) is 36.6 Å². The van der Waals surface area contributed by atoms with Crippen LogP contribution in [-0.2, 0) is 11.0 Å². The lowest BCUT2D eigenvalue weighted by atomic mass is 10.1. The average Bonchev–Trinajstić information content (AvgIpc) is 3.14. The Labute approximate surface area is 153 Å². The molecule has 2 heterocycles. The van der Waals surface area contributed by atoms with Crippen LogP contribution in [0.1, 0.15) is 17.5 Å². The number of benzene rings is 1. The number of nitrogens with zero attached hydrogens (tertiary/aromatic N) is 2. The van der Waals surface area contributed by atoms with Crippen molar-refractivity contribution >= 4 is 34.7 Å². The summed E-state index contributed by atoms with van der Waals surface area (Å²) in [5, 5.41) is 1.59. The Bertz CT molecular complexity index is 777. The fourth-order valence-corrected chi connectivity index (χ4v) is 3.75. The van der Waals surface area contributed by atoms with E-state index < -0.39 is 22.9 Å². The lowest BCUT2D eigenvalue weighted by Crippen LogP contribution is -2.31. The predicted octanol–water partition coefficient (Wildman–Crippen LogP) is 3.17. The Morgan fingerprint density at radius 3 is 2.58 bits per heavy atom. The summed E-state index contributed by atoms with van der Waals surface area (Å²) in [6, 6.07) is 3.82. The van der Waals surface area contributed by atoms with Crippen molar-refractivity contribution in [2.24, 2.45) is 0 Å². The van der Waals surface area contributed by atoms with Gasteiger partial charge in [-0.1, -0.05) is 0 Å². The zero-order valence-corrected chi connectivity index (χ0v) is 15.1. The summed E-state index contributed by atoms with van der Waals surface area (Å²) in [6.07, 6.45) is -2.22. The molecule has 2 saturated heterocycles. The van der Waals surface area contributed by atoms with Crippen LogP contribution in [0.15, 0.2) is 23.1 Å². The molecule has 140 valence electrons. The third kappa shape index (κ3) is 3.88. The number of hydrogen-bond acceptors (Lipinski definition) is 5. The molecule has 0 bridgehead atoms. The molecule has 2 aliphatic heterocycles. The van der Waals surface area contributed by atoms with Crippen LogP contribution in [0.2, 0.25) is 0 Å². The van der Waals surface area contributed by atoms with Gasteiger partial charge in [0.25, 0.3) is 11.1 Å². The SMILES string of the molecule is CN(C)[C@H]1CCN(c2ccc(C(F)(F)F)cc2C=C2SC(=O)NC2=O)C1. The van der Waals surface area contributed by atoms with Gasteiger partial charge in [-0.15, -0.1) is 0 Å². The fraction of sp³-hybridized carbons (Fsp3) is 0.412. The standard InChI is InChI=1S/C17H18F3N3O2S/c1-22(2)12-5-6-23(9-12)13-4-3-11(17(18,19)20)7-10(13)8-14-15(24)21-16(25)26-14/h3-4,7-8,12H,5-6,9H2,1-2H3,(H,21,24,25)/t12-/m0/s1. The van der Waals surface area contributed by atoms with Crippen molar-refractivity contribution in [2.75, 3.05) is 32.1 Å². The molecule has 1 aromatic rings. The molecule has 1 atom stereocenters. The molecule has 1 aromatic carbocycles. The second-order valence-corrected chi connectivity index (χ2v) is 7.49. The maximum Gasteiger partial charge on any atom is 0.416 e. The van der Waals surface area contributed by atoms with Crippen LogP contribution in [0.5, 0.6) is 0 Å². The zero-order chi connectivity index (χ0) is 19.1. The highest BCUT2D eigenvalue weighted by molar-refractivity contribution is 8.18. The van der Waals surface area contributed by atoms with Gasteiger partial charge in [0.1, 0.15) is 0 Å². The number of nitrogens with one attached hydrogen (secondary N) is 1. The van der Waals surface area contributed by atoms with Crippen molar-refractivity contribution < 1.29 is 22.8 Å². The van der Waals surface area contributed by atoms with Gasteiger partial charge in [0, 0.05) is 24.8 Å². The highest BCUT2D eigenvalue weighted by atomic mass is 32.2. The van der Waals surface area contributed by atoms with Gasteiger partial charge in [0.15, 0.2) is 0 Å². The Morgan fingerprint density at radius 1 is 1.31 bits per heavy atom.